The van der Waals surface area contributed by atoms with Crippen LogP contribution >= 0.6 is 0 Å². The number of rotatable bonds is 10. The number of nitrogens with zero attached hydrogens (tertiary/aromatic N) is 2. The summed E-state index contributed by atoms with van der Waals surface area (Å²) < 4.78 is 5.63. The SMILES string of the molecule is C=C1/C(=C\C=C2/CCC[C@]3(C)[C@@H]([C@H](C)/C=C/[C@@H](O)C4(c5nc(CCCCC)no5)CC4)CC[C@@H]23)C[C@@H](O)C[C@@H]1O. The summed E-state index contributed by atoms with van der Waals surface area (Å²) >= 11 is 0. The normalized spacial score (nSPS) is 35.4. The number of unbranched alkanes of at least 4 members (excludes halogenated alkanes) is 2. The zero-order valence-electron chi connectivity index (χ0n) is 24.8. The molecule has 1 heterocycles. The number of allylic oxidation sites excluding steroid dienone is 4. The molecule has 0 aliphatic heterocycles. The van der Waals surface area contributed by atoms with E-state index in [4.69, 9.17) is 4.52 Å². The van der Waals surface area contributed by atoms with Crippen molar-refractivity contribution in [3.05, 3.63) is 59.3 Å². The van der Waals surface area contributed by atoms with Gasteiger partial charge in [-0.2, -0.15) is 4.98 Å². The molecule has 0 bridgehead atoms. The van der Waals surface area contributed by atoms with Crippen LogP contribution < -0.4 is 0 Å². The molecule has 5 rings (SSSR count). The van der Waals surface area contributed by atoms with Crippen molar-refractivity contribution in [3.8, 4) is 0 Å². The van der Waals surface area contributed by atoms with Crippen molar-refractivity contribution in [2.24, 2.45) is 23.2 Å². The van der Waals surface area contributed by atoms with Crippen LogP contribution in [-0.2, 0) is 11.8 Å². The molecule has 1 aromatic rings. The Labute approximate surface area is 240 Å². The van der Waals surface area contributed by atoms with Crippen LogP contribution in [0.4, 0.5) is 0 Å². The van der Waals surface area contributed by atoms with Gasteiger partial charge in [-0.3, -0.25) is 0 Å². The van der Waals surface area contributed by atoms with Crippen molar-refractivity contribution >= 4 is 0 Å². The minimum atomic E-state index is -0.647. The van der Waals surface area contributed by atoms with Gasteiger partial charge in [-0.15, -0.1) is 0 Å². The Morgan fingerprint density at radius 3 is 2.67 bits per heavy atom. The fourth-order valence-corrected chi connectivity index (χ4v) is 8.07. The molecule has 6 heteroatoms. The van der Waals surface area contributed by atoms with E-state index in [0.29, 0.717) is 36.5 Å². The van der Waals surface area contributed by atoms with Crippen molar-refractivity contribution in [2.45, 2.75) is 128 Å². The van der Waals surface area contributed by atoms with Gasteiger partial charge in [0, 0.05) is 12.8 Å². The third-order valence-corrected chi connectivity index (χ3v) is 10.8. The van der Waals surface area contributed by atoms with E-state index in [2.05, 4.69) is 55.7 Å². The first-order valence-corrected chi connectivity index (χ1v) is 15.8. The molecule has 4 aliphatic carbocycles. The van der Waals surface area contributed by atoms with Gasteiger partial charge in [0.25, 0.3) is 0 Å². The number of hydrogen-bond acceptors (Lipinski definition) is 6. The summed E-state index contributed by atoms with van der Waals surface area (Å²) in [7, 11) is 0. The maximum Gasteiger partial charge on any atom is 0.235 e. The van der Waals surface area contributed by atoms with E-state index in [9.17, 15) is 15.3 Å². The lowest BCUT2D eigenvalue weighted by Gasteiger charge is -2.44. The van der Waals surface area contributed by atoms with Crippen molar-refractivity contribution in [1.82, 2.24) is 10.1 Å². The maximum absolute atomic E-state index is 11.2. The Balaban J connectivity index is 1.24. The predicted octanol–water partition coefficient (Wildman–Crippen LogP) is 6.53. The van der Waals surface area contributed by atoms with Crippen molar-refractivity contribution in [1.29, 1.82) is 0 Å². The summed E-state index contributed by atoms with van der Waals surface area (Å²) in [6.07, 6.45) is 19.8. The molecule has 0 spiro atoms. The Hall–Kier alpha value is -2.02. The van der Waals surface area contributed by atoms with Crippen molar-refractivity contribution in [3.63, 3.8) is 0 Å². The summed E-state index contributed by atoms with van der Waals surface area (Å²) in [5.74, 6) is 2.85. The van der Waals surface area contributed by atoms with Gasteiger partial charge >= 0.3 is 0 Å². The average molecular weight is 551 g/mol. The average Bonchev–Trinajstić information content (AvgIpc) is 3.46. The van der Waals surface area contributed by atoms with Crippen LogP contribution in [-0.4, -0.2) is 43.8 Å². The van der Waals surface area contributed by atoms with Crippen LogP contribution in [0.3, 0.4) is 0 Å². The number of hydrogen-bond donors (Lipinski definition) is 3. The van der Waals surface area contributed by atoms with Gasteiger partial charge in [-0.1, -0.05) is 75.2 Å². The summed E-state index contributed by atoms with van der Waals surface area (Å²) in [5, 5.41) is 35.8. The molecule has 40 heavy (non-hydrogen) atoms. The first kappa shape index (κ1) is 29.5. The number of aliphatic hydroxyl groups excluding tert-OH is 3. The molecule has 220 valence electrons. The molecule has 1 aromatic heterocycles. The van der Waals surface area contributed by atoms with Gasteiger partial charge < -0.3 is 19.8 Å². The second-order valence-electron chi connectivity index (χ2n) is 13.5. The smallest absolute Gasteiger partial charge is 0.235 e. The topological polar surface area (TPSA) is 99.6 Å². The van der Waals surface area contributed by atoms with Crippen molar-refractivity contribution < 1.29 is 19.8 Å². The van der Waals surface area contributed by atoms with E-state index < -0.39 is 23.7 Å². The minimum Gasteiger partial charge on any atom is -0.393 e. The fraction of sp³-hybridized carbons (Fsp3) is 0.706. The van der Waals surface area contributed by atoms with Gasteiger partial charge in [0.1, 0.15) is 0 Å². The second kappa shape index (κ2) is 12.1. The highest BCUT2D eigenvalue weighted by Crippen LogP contribution is 2.60. The lowest BCUT2D eigenvalue weighted by Crippen LogP contribution is -2.35. The second-order valence-corrected chi connectivity index (χ2v) is 13.5. The molecular formula is C34H50N2O4. The fourth-order valence-electron chi connectivity index (χ4n) is 8.07. The number of fused-ring (bicyclic) bond motifs is 1. The molecule has 0 radical (unpaired) electrons. The molecule has 4 saturated carbocycles. The van der Waals surface area contributed by atoms with Crippen LogP contribution in [0.1, 0.15) is 110 Å². The molecule has 7 atom stereocenters. The van der Waals surface area contributed by atoms with Crippen LogP contribution in [0, 0.1) is 23.2 Å². The molecular weight excluding hydrogens is 500 g/mol. The van der Waals surface area contributed by atoms with E-state index in [1.54, 1.807) is 0 Å². The van der Waals surface area contributed by atoms with Gasteiger partial charge in [0.15, 0.2) is 5.82 Å². The molecule has 4 aliphatic rings. The number of aliphatic hydroxyl groups is 3. The third-order valence-electron chi connectivity index (χ3n) is 10.8. The van der Waals surface area contributed by atoms with E-state index >= 15 is 0 Å². The molecule has 0 unspecified atom stereocenters. The molecule has 0 saturated heterocycles. The van der Waals surface area contributed by atoms with E-state index in [1.165, 1.54) is 37.7 Å². The summed E-state index contributed by atoms with van der Waals surface area (Å²) in [4.78, 5) is 4.66. The first-order valence-electron chi connectivity index (χ1n) is 15.8. The van der Waals surface area contributed by atoms with Crippen LogP contribution in [0.25, 0.3) is 0 Å². The minimum absolute atomic E-state index is 0.233. The molecule has 0 aromatic carbocycles. The van der Waals surface area contributed by atoms with Crippen LogP contribution in [0.5, 0.6) is 0 Å². The van der Waals surface area contributed by atoms with Crippen molar-refractivity contribution in [2.75, 3.05) is 0 Å². The zero-order chi connectivity index (χ0) is 28.5. The van der Waals surface area contributed by atoms with E-state index in [-0.39, 0.29) is 5.41 Å². The summed E-state index contributed by atoms with van der Waals surface area (Å²) in [6.45, 7) is 11.1. The highest BCUT2D eigenvalue weighted by atomic mass is 16.5. The maximum atomic E-state index is 11.2. The van der Waals surface area contributed by atoms with Crippen LogP contribution in [0.15, 0.2) is 52.1 Å². The monoisotopic (exact) mass is 550 g/mol. The zero-order valence-corrected chi connectivity index (χ0v) is 24.8. The highest BCUT2D eigenvalue weighted by molar-refractivity contribution is 5.38. The predicted molar refractivity (Wildman–Crippen MR) is 157 cm³/mol. The first-order chi connectivity index (χ1) is 19.2. The quantitative estimate of drug-likeness (QED) is 0.226. The third kappa shape index (κ3) is 5.82. The van der Waals surface area contributed by atoms with Crippen LogP contribution in [0.2, 0.25) is 0 Å². The lowest BCUT2D eigenvalue weighted by molar-refractivity contribution is 0.0862. The van der Waals surface area contributed by atoms with E-state index in [0.717, 1.165) is 55.5 Å². The largest absolute Gasteiger partial charge is 0.393 e. The number of aromatic nitrogens is 2. The van der Waals surface area contributed by atoms with E-state index in [1.807, 2.05) is 6.08 Å². The number of aryl methyl sites for hydroxylation is 1. The van der Waals surface area contributed by atoms with Gasteiger partial charge in [-0.05, 0) is 92.1 Å². The Kier molecular flexibility index (Phi) is 8.89. The Bertz CT molecular complexity index is 1140. The van der Waals surface area contributed by atoms with Gasteiger partial charge in [-0.25, -0.2) is 0 Å². The molecule has 0 amide bonds. The highest BCUT2D eigenvalue weighted by Gasteiger charge is 2.55. The summed E-state index contributed by atoms with van der Waals surface area (Å²) in [6, 6.07) is 0. The standard InChI is InChI=1S/C34H50N2O4/c1-5-6-7-10-31-35-32(40-36-31)34(18-19-34)30(39)16-11-22(2)27-14-15-28-24(9-8-17-33(27,28)4)12-13-25-20-26(37)21-29(38)23(25)3/h11-13,16,22,26-30,37-39H,3,5-10,14-15,17-21H2,1-2,4H3/b16-11+,24-12+,25-13-/t22-,26-,27-,28+,29+,30-,33-/m1/s1. The molecule has 4 fully saturated rings. The Morgan fingerprint density at radius 2 is 1.93 bits per heavy atom. The molecule has 3 N–H and O–H groups in total. The van der Waals surface area contributed by atoms with Gasteiger partial charge in [0.2, 0.25) is 5.89 Å². The Morgan fingerprint density at radius 1 is 1.12 bits per heavy atom. The lowest BCUT2D eigenvalue weighted by atomic mass is 9.61. The van der Waals surface area contributed by atoms with Gasteiger partial charge in [0.05, 0.1) is 23.7 Å². The summed E-state index contributed by atoms with van der Waals surface area (Å²) in [5.41, 5.74) is 3.06. The molecule has 6 nitrogen and oxygen atoms in total.